The summed E-state index contributed by atoms with van der Waals surface area (Å²) in [6.07, 6.45) is 1.86. The largest absolute Gasteiger partial charge is 0.341 e. The first-order chi connectivity index (χ1) is 14.1. The SMILES string of the molecule is CC#Cn1c(N(CCC)CCC(C)C)nc2nc(N(C(C)=O)C(C)=O)n(C)c(=O)c21. The van der Waals surface area contributed by atoms with Gasteiger partial charge in [-0.2, -0.15) is 9.97 Å². The summed E-state index contributed by atoms with van der Waals surface area (Å²) in [6.45, 7) is 12.1. The number of rotatable bonds is 7. The lowest BCUT2D eigenvalue weighted by Gasteiger charge is -2.23. The van der Waals surface area contributed by atoms with Crippen LogP contribution < -0.4 is 15.4 Å². The van der Waals surface area contributed by atoms with E-state index in [9.17, 15) is 14.4 Å². The summed E-state index contributed by atoms with van der Waals surface area (Å²) >= 11 is 0. The molecule has 0 aromatic carbocycles. The molecule has 2 aromatic rings. The van der Waals surface area contributed by atoms with Crippen LogP contribution in [0.2, 0.25) is 0 Å². The minimum atomic E-state index is -0.526. The van der Waals surface area contributed by atoms with Crippen LogP contribution in [0.5, 0.6) is 0 Å². The highest BCUT2D eigenvalue weighted by molar-refractivity contribution is 6.12. The first-order valence-corrected chi connectivity index (χ1v) is 10.1. The molecule has 0 fully saturated rings. The van der Waals surface area contributed by atoms with Gasteiger partial charge in [-0.3, -0.25) is 19.0 Å². The number of imidazole rings is 1. The fourth-order valence-electron chi connectivity index (χ4n) is 3.22. The van der Waals surface area contributed by atoms with E-state index in [0.717, 1.165) is 30.8 Å². The highest BCUT2D eigenvalue weighted by Gasteiger charge is 2.26. The summed E-state index contributed by atoms with van der Waals surface area (Å²) in [6, 6.07) is 2.95. The maximum absolute atomic E-state index is 13.2. The summed E-state index contributed by atoms with van der Waals surface area (Å²) in [5, 5.41) is 0. The lowest BCUT2D eigenvalue weighted by atomic mass is 10.1. The Labute approximate surface area is 176 Å². The maximum atomic E-state index is 13.2. The van der Waals surface area contributed by atoms with Crippen LogP contribution in [0, 0.1) is 17.9 Å². The molecule has 2 heterocycles. The highest BCUT2D eigenvalue weighted by Crippen LogP contribution is 2.22. The number of aromatic nitrogens is 4. The molecule has 9 heteroatoms. The van der Waals surface area contributed by atoms with Crippen LogP contribution in [-0.2, 0) is 16.6 Å². The van der Waals surface area contributed by atoms with E-state index in [0.29, 0.717) is 11.9 Å². The number of fused-ring (bicyclic) bond motifs is 1. The molecule has 0 aliphatic rings. The minimum Gasteiger partial charge on any atom is -0.341 e. The molecule has 162 valence electrons. The monoisotopic (exact) mass is 414 g/mol. The van der Waals surface area contributed by atoms with E-state index in [1.54, 1.807) is 11.5 Å². The van der Waals surface area contributed by atoms with E-state index < -0.39 is 17.4 Å². The van der Waals surface area contributed by atoms with Crippen molar-refractivity contribution in [2.45, 2.75) is 54.4 Å². The molecule has 0 aliphatic heterocycles. The number of nitrogens with zero attached hydrogens (tertiary/aromatic N) is 6. The van der Waals surface area contributed by atoms with Gasteiger partial charge in [-0.1, -0.05) is 26.7 Å². The van der Waals surface area contributed by atoms with Crippen LogP contribution in [0.4, 0.5) is 11.9 Å². The fourth-order valence-corrected chi connectivity index (χ4v) is 3.22. The van der Waals surface area contributed by atoms with Gasteiger partial charge >= 0.3 is 0 Å². The Hall–Kier alpha value is -3.15. The molecule has 0 radical (unpaired) electrons. The Morgan fingerprint density at radius 2 is 1.70 bits per heavy atom. The Bertz CT molecular complexity index is 1060. The summed E-state index contributed by atoms with van der Waals surface area (Å²) < 4.78 is 2.75. The zero-order valence-electron chi connectivity index (χ0n) is 18.8. The van der Waals surface area contributed by atoms with Crippen molar-refractivity contribution in [3.63, 3.8) is 0 Å². The first kappa shape index (κ1) is 23.1. The number of hydrogen-bond donors (Lipinski definition) is 0. The second kappa shape index (κ2) is 9.57. The van der Waals surface area contributed by atoms with E-state index in [1.165, 1.54) is 25.5 Å². The number of carbonyl (C=O) groups excluding carboxylic acids is 2. The number of carbonyl (C=O) groups is 2. The number of imide groups is 1. The summed E-state index contributed by atoms with van der Waals surface area (Å²) in [4.78, 5) is 49.1. The standard InChI is InChI=1S/C21H30N6O3/c1-8-11-25(13-10-14(3)4)21-23-18-17(26(21)12-9-2)19(30)24(7)20(22-18)27(15(5)28)16(6)29/h14H,8,10-11,13H2,1-7H3. The molecule has 2 aromatic heterocycles. The first-order valence-electron chi connectivity index (χ1n) is 10.1. The average molecular weight is 415 g/mol. The van der Waals surface area contributed by atoms with Crippen molar-refractivity contribution in [1.29, 1.82) is 0 Å². The molecule has 2 amide bonds. The van der Waals surface area contributed by atoms with Gasteiger partial charge in [0.05, 0.1) is 0 Å². The van der Waals surface area contributed by atoms with Crippen LogP contribution >= 0.6 is 0 Å². The van der Waals surface area contributed by atoms with Gasteiger partial charge in [-0.15, -0.1) is 0 Å². The second-order valence-electron chi connectivity index (χ2n) is 7.60. The zero-order valence-corrected chi connectivity index (χ0v) is 18.8. The van der Waals surface area contributed by atoms with Crippen LogP contribution in [-0.4, -0.2) is 44.0 Å². The molecule has 0 unspecified atom stereocenters. The molecular formula is C21H30N6O3. The summed E-state index contributed by atoms with van der Waals surface area (Å²) in [7, 11) is 1.47. The smallest absolute Gasteiger partial charge is 0.282 e. The number of hydrogen-bond acceptors (Lipinski definition) is 6. The molecule has 0 saturated carbocycles. The van der Waals surface area contributed by atoms with Crippen LogP contribution in [0.1, 0.15) is 54.4 Å². The number of anilines is 2. The Morgan fingerprint density at radius 3 is 2.20 bits per heavy atom. The third-order valence-electron chi connectivity index (χ3n) is 4.66. The van der Waals surface area contributed by atoms with Crippen molar-refractivity contribution in [2.75, 3.05) is 22.9 Å². The van der Waals surface area contributed by atoms with E-state index in [1.807, 2.05) is 0 Å². The summed E-state index contributed by atoms with van der Waals surface area (Å²) in [5.74, 6) is 2.78. The number of amides is 2. The van der Waals surface area contributed by atoms with Gasteiger partial charge in [0.25, 0.3) is 5.56 Å². The van der Waals surface area contributed by atoms with Crippen LogP contribution in [0.3, 0.4) is 0 Å². The van der Waals surface area contributed by atoms with Gasteiger partial charge in [0.15, 0.2) is 11.2 Å². The van der Waals surface area contributed by atoms with Crippen molar-refractivity contribution >= 4 is 34.9 Å². The predicted octanol–water partition coefficient (Wildman–Crippen LogP) is 2.12. The molecule has 9 nitrogen and oxygen atoms in total. The Balaban J connectivity index is 2.80. The van der Waals surface area contributed by atoms with Crippen LogP contribution in [0.25, 0.3) is 11.2 Å². The van der Waals surface area contributed by atoms with Crippen molar-refractivity contribution in [3.05, 3.63) is 10.4 Å². The molecule has 0 spiro atoms. The second-order valence-corrected chi connectivity index (χ2v) is 7.60. The quantitative estimate of drug-likeness (QED) is 0.644. The van der Waals surface area contributed by atoms with E-state index in [2.05, 4.69) is 47.6 Å². The zero-order chi connectivity index (χ0) is 22.6. The molecule has 0 N–H and O–H groups in total. The van der Waals surface area contributed by atoms with E-state index in [4.69, 9.17) is 0 Å². The Morgan fingerprint density at radius 1 is 1.10 bits per heavy atom. The highest BCUT2D eigenvalue weighted by atomic mass is 16.2. The molecule has 0 atom stereocenters. The van der Waals surface area contributed by atoms with Crippen molar-refractivity contribution < 1.29 is 9.59 Å². The van der Waals surface area contributed by atoms with E-state index >= 15 is 0 Å². The van der Waals surface area contributed by atoms with Gasteiger partial charge < -0.3 is 4.90 Å². The lowest BCUT2D eigenvalue weighted by Crippen LogP contribution is -2.38. The van der Waals surface area contributed by atoms with Gasteiger partial charge in [0, 0.05) is 40.0 Å². The minimum absolute atomic E-state index is 0.0580. The fraction of sp³-hybridized carbons (Fsp3) is 0.571. The van der Waals surface area contributed by atoms with Crippen LogP contribution in [0.15, 0.2) is 4.79 Å². The van der Waals surface area contributed by atoms with Crippen molar-refractivity contribution in [2.24, 2.45) is 13.0 Å². The predicted molar refractivity (Wildman–Crippen MR) is 117 cm³/mol. The van der Waals surface area contributed by atoms with Gasteiger partial charge in [0.1, 0.15) is 0 Å². The van der Waals surface area contributed by atoms with E-state index in [-0.39, 0.29) is 17.1 Å². The third kappa shape index (κ3) is 4.53. The topological polar surface area (TPSA) is 93.3 Å². The Kier molecular flexibility index (Phi) is 7.38. The van der Waals surface area contributed by atoms with Crippen molar-refractivity contribution in [1.82, 2.24) is 19.1 Å². The molecule has 0 aliphatic carbocycles. The average Bonchev–Trinajstić information content (AvgIpc) is 3.00. The van der Waals surface area contributed by atoms with Gasteiger partial charge in [-0.05, 0) is 25.7 Å². The molecule has 0 saturated heterocycles. The maximum Gasteiger partial charge on any atom is 0.282 e. The molecule has 30 heavy (non-hydrogen) atoms. The third-order valence-corrected chi connectivity index (χ3v) is 4.66. The van der Waals surface area contributed by atoms with Crippen molar-refractivity contribution in [3.8, 4) is 12.0 Å². The summed E-state index contributed by atoms with van der Waals surface area (Å²) in [5.41, 5.74) is -0.0448. The van der Waals surface area contributed by atoms with Gasteiger partial charge in [-0.25, -0.2) is 9.47 Å². The molecule has 2 rings (SSSR count). The normalized spacial score (nSPS) is 10.8. The lowest BCUT2D eigenvalue weighted by molar-refractivity contribution is -0.124. The molecular weight excluding hydrogens is 384 g/mol. The van der Waals surface area contributed by atoms with Gasteiger partial charge in [0.2, 0.25) is 23.7 Å². The molecule has 0 bridgehead atoms.